The van der Waals surface area contributed by atoms with Crippen molar-refractivity contribution in [1.29, 1.82) is 0 Å². The van der Waals surface area contributed by atoms with Crippen LogP contribution in [0.1, 0.15) is 37.7 Å². The van der Waals surface area contributed by atoms with Crippen molar-refractivity contribution >= 4 is 22.7 Å². The molecular formula is C15H20BrNO. The third kappa shape index (κ3) is 2.09. The van der Waals surface area contributed by atoms with Gasteiger partial charge < -0.3 is 4.74 Å². The number of benzene rings is 1. The number of halogens is 1. The summed E-state index contributed by atoms with van der Waals surface area (Å²) in [5, 5.41) is 0. The minimum atomic E-state index is 0. The topological polar surface area (TPSA) is 21.6 Å². The van der Waals surface area contributed by atoms with E-state index in [0.717, 1.165) is 12.3 Å². The molecule has 1 heterocycles. The summed E-state index contributed by atoms with van der Waals surface area (Å²) >= 11 is 0. The van der Waals surface area contributed by atoms with Crippen molar-refractivity contribution in [1.82, 2.24) is 0 Å². The van der Waals surface area contributed by atoms with E-state index in [-0.39, 0.29) is 22.4 Å². The first-order valence-electron chi connectivity index (χ1n) is 6.53. The van der Waals surface area contributed by atoms with Gasteiger partial charge in [0.2, 0.25) is 0 Å². The second-order valence-corrected chi connectivity index (χ2v) is 5.10. The fraction of sp³-hybridized carbons (Fsp3) is 0.533. The first-order valence-corrected chi connectivity index (χ1v) is 6.53. The van der Waals surface area contributed by atoms with Crippen LogP contribution in [0.2, 0.25) is 0 Å². The number of nitrogens with zero attached hydrogens (tertiary/aromatic N) is 1. The van der Waals surface area contributed by atoms with Crippen LogP contribution in [0, 0.1) is 0 Å². The number of hydrogen-bond acceptors (Lipinski definition) is 2. The zero-order chi connectivity index (χ0) is 11.7. The third-order valence-corrected chi connectivity index (χ3v) is 4.28. The van der Waals surface area contributed by atoms with Crippen LogP contribution in [0.3, 0.4) is 0 Å². The molecule has 0 radical (unpaired) electrons. The van der Waals surface area contributed by atoms with Gasteiger partial charge >= 0.3 is 0 Å². The lowest BCUT2D eigenvalue weighted by Gasteiger charge is -2.35. The van der Waals surface area contributed by atoms with Gasteiger partial charge in [0.25, 0.3) is 0 Å². The van der Waals surface area contributed by atoms with E-state index in [0.29, 0.717) is 0 Å². The number of rotatable bonds is 2. The van der Waals surface area contributed by atoms with E-state index >= 15 is 0 Å². The highest BCUT2D eigenvalue weighted by Gasteiger charge is 2.41. The summed E-state index contributed by atoms with van der Waals surface area (Å²) in [6.45, 7) is 1.01. The number of methoxy groups -OCH3 is 1. The molecule has 1 aliphatic heterocycles. The lowest BCUT2D eigenvalue weighted by molar-refractivity contribution is 0.409. The number of fused-ring (bicyclic) bond motifs is 1. The Hall–Kier alpha value is -0.830. The third-order valence-electron chi connectivity index (χ3n) is 4.28. The lowest BCUT2D eigenvalue weighted by atomic mass is 9.67. The summed E-state index contributed by atoms with van der Waals surface area (Å²) < 4.78 is 5.35. The van der Waals surface area contributed by atoms with Crippen molar-refractivity contribution in [3.05, 3.63) is 29.8 Å². The van der Waals surface area contributed by atoms with Crippen molar-refractivity contribution in [3.63, 3.8) is 0 Å². The SMILES string of the molecule is Br.COc1cccc(C23CCCCC2=NCC3)c1. The summed E-state index contributed by atoms with van der Waals surface area (Å²) in [7, 11) is 1.74. The van der Waals surface area contributed by atoms with Gasteiger partial charge in [0.15, 0.2) is 0 Å². The van der Waals surface area contributed by atoms with Crippen molar-refractivity contribution in [2.75, 3.05) is 13.7 Å². The molecular weight excluding hydrogens is 290 g/mol. The van der Waals surface area contributed by atoms with Crippen LogP contribution < -0.4 is 4.74 Å². The molecule has 0 saturated heterocycles. The first kappa shape index (κ1) is 13.6. The van der Waals surface area contributed by atoms with Crippen LogP contribution in [0.25, 0.3) is 0 Å². The second-order valence-electron chi connectivity index (χ2n) is 5.10. The van der Waals surface area contributed by atoms with E-state index in [9.17, 15) is 0 Å². The van der Waals surface area contributed by atoms with E-state index in [1.54, 1.807) is 7.11 Å². The Bertz CT molecular complexity index is 458. The van der Waals surface area contributed by atoms with Crippen molar-refractivity contribution < 1.29 is 4.74 Å². The Morgan fingerprint density at radius 3 is 2.94 bits per heavy atom. The Morgan fingerprint density at radius 2 is 2.11 bits per heavy atom. The minimum absolute atomic E-state index is 0. The van der Waals surface area contributed by atoms with Gasteiger partial charge in [-0.2, -0.15) is 0 Å². The van der Waals surface area contributed by atoms with Gasteiger partial charge in [-0.25, -0.2) is 0 Å². The van der Waals surface area contributed by atoms with E-state index in [2.05, 4.69) is 18.2 Å². The maximum Gasteiger partial charge on any atom is 0.119 e. The molecule has 98 valence electrons. The van der Waals surface area contributed by atoms with Gasteiger partial charge in [-0.1, -0.05) is 18.6 Å². The highest BCUT2D eigenvalue weighted by Crippen LogP contribution is 2.44. The van der Waals surface area contributed by atoms with Gasteiger partial charge in [-0.05, 0) is 43.4 Å². The van der Waals surface area contributed by atoms with E-state index in [1.165, 1.54) is 43.4 Å². The molecule has 1 atom stereocenters. The Morgan fingerprint density at radius 1 is 1.22 bits per heavy atom. The predicted octanol–water partition coefficient (Wildman–Crippen LogP) is 3.93. The van der Waals surface area contributed by atoms with Crippen LogP contribution in [0.5, 0.6) is 5.75 Å². The lowest BCUT2D eigenvalue weighted by Crippen LogP contribution is -2.35. The molecule has 1 aromatic rings. The molecule has 1 aliphatic carbocycles. The van der Waals surface area contributed by atoms with Crippen LogP contribution in [0.15, 0.2) is 29.3 Å². The molecule has 1 aromatic carbocycles. The molecule has 0 N–H and O–H groups in total. The number of aliphatic imine (C=N–C) groups is 1. The van der Waals surface area contributed by atoms with Crippen molar-refractivity contribution in [3.8, 4) is 5.75 Å². The average Bonchev–Trinajstić information content (AvgIpc) is 2.84. The van der Waals surface area contributed by atoms with Crippen molar-refractivity contribution in [2.45, 2.75) is 37.5 Å². The highest BCUT2D eigenvalue weighted by atomic mass is 79.9. The molecule has 0 bridgehead atoms. The predicted molar refractivity (Wildman–Crippen MR) is 80.4 cm³/mol. The zero-order valence-corrected chi connectivity index (χ0v) is 12.5. The summed E-state index contributed by atoms with van der Waals surface area (Å²) in [6, 6.07) is 8.57. The number of ether oxygens (including phenoxy) is 1. The largest absolute Gasteiger partial charge is 0.497 e. The van der Waals surface area contributed by atoms with Crippen LogP contribution in [-0.2, 0) is 5.41 Å². The number of hydrogen-bond donors (Lipinski definition) is 0. The molecule has 3 heteroatoms. The van der Waals surface area contributed by atoms with Gasteiger partial charge in [0.1, 0.15) is 5.75 Å². The molecule has 3 rings (SSSR count). The van der Waals surface area contributed by atoms with E-state index in [1.807, 2.05) is 6.07 Å². The average molecular weight is 310 g/mol. The standard InChI is InChI=1S/C15H19NO.BrH/c1-17-13-6-4-5-12(11-13)15-8-3-2-7-14(15)16-10-9-15;/h4-6,11H,2-3,7-10H2,1H3;1H. The van der Waals surface area contributed by atoms with Crippen LogP contribution >= 0.6 is 17.0 Å². The molecule has 1 saturated carbocycles. The maximum absolute atomic E-state index is 5.35. The molecule has 1 fully saturated rings. The molecule has 0 amide bonds. The minimum Gasteiger partial charge on any atom is -0.497 e. The maximum atomic E-state index is 5.35. The molecule has 2 aliphatic rings. The normalized spacial score (nSPS) is 25.9. The Labute approximate surface area is 119 Å². The second kappa shape index (κ2) is 5.43. The van der Waals surface area contributed by atoms with Crippen LogP contribution in [0.4, 0.5) is 0 Å². The van der Waals surface area contributed by atoms with E-state index < -0.39 is 0 Å². The van der Waals surface area contributed by atoms with Crippen LogP contribution in [-0.4, -0.2) is 19.4 Å². The van der Waals surface area contributed by atoms with Gasteiger partial charge in [0, 0.05) is 17.7 Å². The van der Waals surface area contributed by atoms with Crippen molar-refractivity contribution in [2.24, 2.45) is 4.99 Å². The van der Waals surface area contributed by atoms with Gasteiger partial charge in [0.05, 0.1) is 7.11 Å². The molecule has 0 spiro atoms. The fourth-order valence-corrected chi connectivity index (χ4v) is 3.36. The van der Waals surface area contributed by atoms with Gasteiger partial charge in [-0.15, -0.1) is 17.0 Å². The first-order chi connectivity index (χ1) is 8.35. The summed E-state index contributed by atoms with van der Waals surface area (Å²) in [6.07, 6.45) is 6.28. The molecule has 0 aromatic heterocycles. The fourth-order valence-electron chi connectivity index (χ4n) is 3.36. The zero-order valence-electron chi connectivity index (χ0n) is 10.8. The van der Waals surface area contributed by atoms with E-state index in [4.69, 9.17) is 9.73 Å². The molecule has 2 nitrogen and oxygen atoms in total. The quantitative estimate of drug-likeness (QED) is 0.811. The smallest absolute Gasteiger partial charge is 0.119 e. The van der Waals surface area contributed by atoms with Gasteiger partial charge in [-0.3, -0.25) is 4.99 Å². The molecule has 1 unspecified atom stereocenters. The summed E-state index contributed by atoms with van der Waals surface area (Å²) in [4.78, 5) is 4.74. The monoisotopic (exact) mass is 309 g/mol. The highest BCUT2D eigenvalue weighted by molar-refractivity contribution is 8.93. The summed E-state index contributed by atoms with van der Waals surface area (Å²) in [5.74, 6) is 0.966. The molecule has 18 heavy (non-hydrogen) atoms. The Balaban J connectivity index is 0.00000120. The Kier molecular flexibility index (Phi) is 4.10. The summed E-state index contributed by atoms with van der Waals surface area (Å²) in [5.41, 5.74) is 3.09.